The number of methoxy groups -OCH3 is 1. The Hall–Kier alpha value is -0.810. The lowest BCUT2D eigenvalue weighted by molar-refractivity contribution is 0.0516. The van der Waals surface area contributed by atoms with E-state index in [2.05, 4.69) is 22.9 Å². The Morgan fingerprint density at radius 2 is 2.14 bits per heavy atom. The van der Waals surface area contributed by atoms with Crippen LogP contribution < -0.4 is 4.74 Å². The van der Waals surface area contributed by atoms with Crippen molar-refractivity contribution in [1.82, 2.24) is 9.80 Å². The number of fused-ring (bicyclic) bond motifs is 3. The van der Waals surface area contributed by atoms with Crippen LogP contribution in [0.3, 0.4) is 0 Å². The lowest BCUT2D eigenvalue weighted by Crippen LogP contribution is -2.41. The predicted octanol–water partition coefficient (Wildman–Crippen LogP) is 2.11. The van der Waals surface area contributed by atoms with Gasteiger partial charge in [-0.15, -0.1) is 0 Å². The van der Waals surface area contributed by atoms with E-state index >= 15 is 0 Å². The molecule has 1 aromatic rings. The highest BCUT2D eigenvalue weighted by Gasteiger charge is 2.31. The van der Waals surface area contributed by atoms with Crippen LogP contribution >= 0.6 is 11.6 Å². The lowest BCUT2D eigenvalue weighted by Gasteiger charge is -2.29. The molecule has 3 rings (SSSR count). The minimum absolute atomic E-state index is 0.492. The van der Waals surface area contributed by atoms with Gasteiger partial charge in [0.15, 0.2) is 0 Å². The average molecular weight is 311 g/mol. The Morgan fingerprint density at radius 1 is 1.29 bits per heavy atom. The predicted molar refractivity (Wildman–Crippen MR) is 84.0 cm³/mol. The highest BCUT2D eigenvalue weighted by molar-refractivity contribution is 6.32. The van der Waals surface area contributed by atoms with Crippen LogP contribution in [-0.2, 0) is 11.3 Å². The van der Waals surface area contributed by atoms with E-state index in [4.69, 9.17) is 21.1 Å². The van der Waals surface area contributed by atoms with E-state index in [1.807, 2.05) is 12.1 Å². The zero-order valence-electron chi connectivity index (χ0n) is 12.7. The fourth-order valence-electron chi connectivity index (χ4n) is 3.34. The van der Waals surface area contributed by atoms with Gasteiger partial charge in [-0.05, 0) is 24.7 Å². The van der Waals surface area contributed by atoms with E-state index in [1.54, 1.807) is 7.11 Å². The Labute approximate surface area is 131 Å². The summed E-state index contributed by atoms with van der Waals surface area (Å²) in [6, 6.07) is 6.56. The van der Waals surface area contributed by atoms with Gasteiger partial charge in [-0.1, -0.05) is 17.7 Å². The van der Waals surface area contributed by atoms with Gasteiger partial charge in [-0.3, -0.25) is 9.80 Å². The molecule has 0 spiro atoms. The maximum atomic E-state index is 6.23. The normalized spacial score (nSPS) is 27.4. The molecule has 2 bridgehead atoms. The van der Waals surface area contributed by atoms with Gasteiger partial charge in [-0.25, -0.2) is 0 Å². The van der Waals surface area contributed by atoms with Gasteiger partial charge in [0, 0.05) is 38.1 Å². The molecule has 0 aliphatic carbocycles. The van der Waals surface area contributed by atoms with Crippen molar-refractivity contribution in [2.45, 2.75) is 12.6 Å². The number of halogens is 1. The van der Waals surface area contributed by atoms with Gasteiger partial charge in [-0.2, -0.15) is 0 Å². The SMILES string of the molecule is COc1ccc(CN2C[C@@H]3COC[C@H](C2)N(C)C3)cc1Cl. The molecule has 1 aromatic carbocycles. The van der Waals surface area contributed by atoms with Gasteiger partial charge < -0.3 is 9.47 Å². The van der Waals surface area contributed by atoms with Crippen LogP contribution in [-0.4, -0.2) is 62.8 Å². The second-order valence-electron chi connectivity index (χ2n) is 6.16. The molecule has 0 radical (unpaired) electrons. The van der Waals surface area contributed by atoms with Gasteiger partial charge >= 0.3 is 0 Å². The quantitative estimate of drug-likeness (QED) is 0.854. The molecule has 2 aliphatic rings. The highest BCUT2D eigenvalue weighted by Crippen LogP contribution is 2.26. The van der Waals surface area contributed by atoms with E-state index in [1.165, 1.54) is 5.56 Å². The molecule has 21 heavy (non-hydrogen) atoms. The zero-order valence-corrected chi connectivity index (χ0v) is 13.5. The van der Waals surface area contributed by atoms with Crippen molar-refractivity contribution in [3.63, 3.8) is 0 Å². The summed E-state index contributed by atoms with van der Waals surface area (Å²) in [7, 11) is 3.85. The van der Waals surface area contributed by atoms with E-state index in [9.17, 15) is 0 Å². The standard InChI is InChI=1S/C16H23ClN2O2/c1-18-6-13-8-19(9-14(18)11-21-10-13)7-12-3-4-16(20-2)15(17)5-12/h3-5,13-14H,6-11H2,1-2H3/t13-,14+/m1/s1. The molecule has 0 aromatic heterocycles. The lowest BCUT2D eigenvalue weighted by atomic mass is 10.1. The first-order valence-electron chi connectivity index (χ1n) is 7.48. The molecule has 2 fully saturated rings. The zero-order chi connectivity index (χ0) is 14.8. The van der Waals surface area contributed by atoms with E-state index < -0.39 is 0 Å². The Morgan fingerprint density at radius 3 is 2.90 bits per heavy atom. The third-order valence-corrected chi connectivity index (χ3v) is 4.74. The van der Waals surface area contributed by atoms with Crippen molar-refractivity contribution in [3.8, 4) is 5.75 Å². The maximum Gasteiger partial charge on any atom is 0.137 e. The fraction of sp³-hybridized carbons (Fsp3) is 0.625. The summed E-state index contributed by atoms with van der Waals surface area (Å²) in [4.78, 5) is 4.97. The van der Waals surface area contributed by atoms with Crippen molar-refractivity contribution >= 4 is 11.6 Å². The molecular formula is C16H23ClN2O2. The van der Waals surface area contributed by atoms with Gasteiger partial charge in [0.2, 0.25) is 0 Å². The van der Waals surface area contributed by atoms with Crippen molar-refractivity contribution in [1.29, 1.82) is 0 Å². The minimum Gasteiger partial charge on any atom is -0.495 e. The minimum atomic E-state index is 0.492. The number of hydrogen-bond acceptors (Lipinski definition) is 4. The summed E-state index contributed by atoms with van der Waals surface area (Å²) in [6.07, 6.45) is 0. The van der Waals surface area contributed by atoms with Crippen LogP contribution in [0.1, 0.15) is 5.56 Å². The number of likely N-dealkylation sites (N-methyl/N-ethyl adjacent to an activating group) is 1. The largest absolute Gasteiger partial charge is 0.495 e. The first-order chi connectivity index (χ1) is 10.2. The second kappa shape index (κ2) is 6.53. The van der Waals surface area contributed by atoms with Crippen molar-refractivity contribution in [2.75, 3.05) is 47.0 Å². The van der Waals surface area contributed by atoms with Crippen molar-refractivity contribution in [2.24, 2.45) is 5.92 Å². The third-order valence-electron chi connectivity index (χ3n) is 4.44. The third kappa shape index (κ3) is 3.51. The smallest absolute Gasteiger partial charge is 0.137 e. The van der Waals surface area contributed by atoms with Crippen molar-refractivity contribution < 1.29 is 9.47 Å². The number of hydrogen-bond donors (Lipinski definition) is 0. The van der Waals surface area contributed by atoms with Crippen LogP contribution in [0.2, 0.25) is 5.02 Å². The number of ether oxygens (including phenoxy) is 2. The molecule has 116 valence electrons. The Bertz CT molecular complexity index is 497. The highest BCUT2D eigenvalue weighted by atomic mass is 35.5. The Balaban J connectivity index is 1.71. The summed E-state index contributed by atoms with van der Waals surface area (Å²) < 4.78 is 11.0. The molecule has 0 unspecified atom stereocenters. The summed E-state index contributed by atoms with van der Waals surface area (Å²) in [5.74, 6) is 1.33. The molecule has 2 heterocycles. The fourth-order valence-corrected chi connectivity index (χ4v) is 3.62. The summed E-state index contributed by atoms with van der Waals surface area (Å²) in [6.45, 7) is 5.92. The van der Waals surface area contributed by atoms with Crippen LogP contribution in [0.5, 0.6) is 5.75 Å². The van der Waals surface area contributed by atoms with Crippen LogP contribution in [0.4, 0.5) is 0 Å². The van der Waals surface area contributed by atoms with E-state index in [-0.39, 0.29) is 0 Å². The molecule has 5 heteroatoms. The summed E-state index contributed by atoms with van der Waals surface area (Å²) in [5, 5.41) is 0.686. The topological polar surface area (TPSA) is 24.9 Å². The number of rotatable bonds is 3. The monoisotopic (exact) mass is 310 g/mol. The number of nitrogens with zero attached hydrogens (tertiary/aromatic N) is 2. The van der Waals surface area contributed by atoms with Gasteiger partial charge in [0.1, 0.15) is 5.75 Å². The van der Waals surface area contributed by atoms with Crippen LogP contribution in [0.25, 0.3) is 0 Å². The maximum absolute atomic E-state index is 6.23. The molecule has 4 nitrogen and oxygen atoms in total. The van der Waals surface area contributed by atoms with Crippen LogP contribution in [0.15, 0.2) is 18.2 Å². The first-order valence-corrected chi connectivity index (χ1v) is 7.86. The molecule has 0 saturated carbocycles. The van der Waals surface area contributed by atoms with E-state index in [0.29, 0.717) is 17.0 Å². The van der Waals surface area contributed by atoms with E-state index in [0.717, 1.165) is 45.1 Å². The molecule has 2 atom stereocenters. The molecule has 0 N–H and O–H groups in total. The second-order valence-corrected chi connectivity index (χ2v) is 6.57. The number of benzene rings is 1. The van der Waals surface area contributed by atoms with Gasteiger partial charge in [0.05, 0.1) is 25.3 Å². The van der Waals surface area contributed by atoms with Crippen LogP contribution in [0, 0.1) is 5.92 Å². The molecule has 0 amide bonds. The first kappa shape index (κ1) is 15.1. The molecular weight excluding hydrogens is 288 g/mol. The van der Waals surface area contributed by atoms with Gasteiger partial charge in [0.25, 0.3) is 0 Å². The molecule has 2 saturated heterocycles. The summed E-state index contributed by atoms with van der Waals surface area (Å²) >= 11 is 6.23. The average Bonchev–Trinajstić information content (AvgIpc) is 2.68. The summed E-state index contributed by atoms with van der Waals surface area (Å²) in [5.41, 5.74) is 1.24. The molecule has 2 aliphatic heterocycles. The Kier molecular flexibility index (Phi) is 4.69. The van der Waals surface area contributed by atoms with Crippen molar-refractivity contribution in [3.05, 3.63) is 28.8 Å².